The van der Waals surface area contributed by atoms with Gasteiger partial charge in [-0.1, -0.05) is 26.0 Å². The second kappa shape index (κ2) is 9.38. The molecule has 1 heterocycles. The smallest absolute Gasteiger partial charge is 0.255 e. The molecule has 31 heavy (non-hydrogen) atoms. The lowest BCUT2D eigenvalue weighted by Crippen LogP contribution is -2.15. The van der Waals surface area contributed by atoms with E-state index in [0.717, 1.165) is 10.4 Å². The lowest BCUT2D eigenvalue weighted by Gasteiger charge is -2.07. The zero-order valence-electron chi connectivity index (χ0n) is 17.0. The number of nitrogens with zero attached hydrogens (tertiary/aromatic N) is 1. The van der Waals surface area contributed by atoms with Crippen LogP contribution in [0.1, 0.15) is 40.6 Å². The van der Waals surface area contributed by atoms with Crippen molar-refractivity contribution in [1.82, 2.24) is 4.98 Å². The van der Waals surface area contributed by atoms with Crippen molar-refractivity contribution < 1.29 is 18.0 Å². The van der Waals surface area contributed by atoms with E-state index in [1.807, 2.05) is 0 Å². The van der Waals surface area contributed by atoms with Crippen molar-refractivity contribution in [2.24, 2.45) is 5.14 Å². The van der Waals surface area contributed by atoms with Crippen molar-refractivity contribution in [3.63, 3.8) is 0 Å². The lowest BCUT2D eigenvalue weighted by atomic mass is 10.1. The number of aromatic nitrogens is 1. The average molecular weight is 459 g/mol. The zero-order valence-corrected chi connectivity index (χ0v) is 18.6. The number of amides is 2. The molecule has 0 spiro atoms. The molecule has 0 aliphatic carbocycles. The molecule has 162 valence electrons. The van der Waals surface area contributed by atoms with Gasteiger partial charge in [0, 0.05) is 22.3 Å². The van der Waals surface area contributed by atoms with Crippen molar-refractivity contribution in [3.8, 4) is 0 Å². The minimum Gasteiger partial charge on any atom is -0.322 e. The molecule has 0 radical (unpaired) electrons. The summed E-state index contributed by atoms with van der Waals surface area (Å²) >= 11 is 1.46. The van der Waals surface area contributed by atoms with Gasteiger partial charge in [0.2, 0.25) is 15.9 Å². The number of carbonyl (C=O) groups excluding carboxylic acids is 2. The van der Waals surface area contributed by atoms with E-state index in [4.69, 9.17) is 5.14 Å². The minimum atomic E-state index is -3.81. The summed E-state index contributed by atoms with van der Waals surface area (Å²) in [6, 6.07) is 12.2. The molecular weight excluding hydrogens is 436 g/mol. The van der Waals surface area contributed by atoms with Gasteiger partial charge in [-0.15, -0.1) is 11.3 Å². The topological polar surface area (TPSA) is 131 Å². The molecule has 8 nitrogen and oxygen atoms in total. The number of nitrogens with two attached hydrogens (primary N) is 1. The third-order valence-corrected chi connectivity index (χ3v) is 6.50. The van der Waals surface area contributed by atoms with Crippen LogP contribution in [0.4, 0.5) is 10.8 Å². The molecule has 2 amide bonds. The first kappa shape index (κ1) is 22.6. The monoisotopic (exact) mass is 458 g/mol. The molecule has 0 saturated carbocycles. The highest BCUT2D eigenvalue weighted by molar-refractivity contribution is 7.89. The Hall–Kier alpha value is -3.08. The predicted octanol–water partition coefficient (Wildman–Crippen LogP) is 3.35. The molecule has 0 aliphatic heterocycles. The normalized spacial score (nSPS) is 11.4. The second-order valence-electron chi connectivity index (χ2n) is 7.17. The van der Waals surface area contributed by atoms with Crippen molar-refractivity contribution in [1.29, 1.82) is 0 Å². The summed E-state index contributed by atoms with van der Waals surface area (Å²) in [6.45, 7) is 4.14. The Morgan fingerprint density at radius 3 is 2.23 bits per heavy atom. The highest BCUT2D eigenvalue weighted by atomic mass is 32.2. The molecule has 0 atom stereocenters. The van der Waals surface area contributed by atoms with Gasteiger partial charge in [-0.2, -0.15) is 0 Å². The second-order valence-corrected chi connectivity index (χ2v) is 9.79. The van der Waals surface area contributed by atoms with E-state index in [9.17, 15) is 18.0 Å². The van der Waals surface area contributed by atoms with Crippen LogP contribution in [0.25, 0.3) is 0 Å². The van der Waals surface area contributed by atoms with Gasteiger partial charge in [0.25, 0.3) is 5.91 Å². The Kier molecular flexibility index (Phi) is 6.84. The van der Waals surface area contributed by atoms with Crippen LogP contribution < -0.4 is 15.8 Å². The molecule has 2 aromatic carbocycles. The highest BCUT2D eigenvalue weighted by Crippen LogP contribution is 2.25. The van der Waals surface area contributed by atoms with E-state index in [2.05, 4.69) is 29.5 Å². The third kappa shape index (κ3) is 6.20. The first-order chi connectivity index (χ1) is 14.6. The quantitative estimate of drug-likeness (QED) is 0.500. The summed E-state index contributed by atoms with van der Waals surface area (Å²) in [5.74, 6) is -0.204. The number of hydrogen-bond acceptors (Lipinski definition) is 6. The van der Waals surface area contributed by atoms with Crippen LogP contribution in [0.3, 0.4) is 0 Å². The number of thiazole rings is 1. The van der Waals surface area contributed by atoms with Crippen LogP contribution in [-0.2, 0) is 21.2 Å². The Balaban J connectivity index is 1.56. The van der Waals surface area contributed by atoms with Gasteiger partial charge >= 0.3 is 0 Å². The first-order valence-corrected chi connectivity index (χ1v) is 11.8. The fourth-order valence-electron chi connectivity index (χ4n) is 2.67. The molecule has 0 aliphatic rings. The van der Waals surface area contributed by atoms with Crippen molar-refractivity contribution >= 4 is 44.0 Å². The standard InChI is InChI=1S/C21H22N4O4S2/c1-13(2)18-12-23-21(30-18)25-19(26)11-14-3-7-16(8-4-14)24-20(27)15-5-9-17(10-6-15)31(22,28)29/h3-10,12-13H,11H2,1-2H3,(H,24,27)(H2,22,28,29)(H,23,25,26). The number of nitrogens with one attached hydrogen (secondary N) is 2. The van der Waals surface area contributed by atoms with Crippen molar-refractivity contribution in [3.05, 3.63) is 70.7 Å². The maximum Gasteiger partial charge on any atom is 0.255 e. The number of anilines is 2. The molecule has 1 aromatic heterocycles. The van der Waals surface area contributed by atoms with Gasteiger partial charge in [-0.3, -0.25) is 9.59 Å². The molecule has 0 saturated heterocycles. The molecule has 3 aromatic rings. The highest BCUT2D eigenvalue weighted by Gasteiger charge is 2.12. The Morgan fingerprint density at radius 1 is 1.03 bits per heavy atom. The number of carbonyl (C=O) groups is 2. The number of benzene rings is 2. The van der Waals surface area contributed by atoms with Crippen LogP contribution >= 0.6 is 11.3 Å². The third-order valence-electron chi connectivity index (χ3n) is 4.36. The summed E-state index contributed by atoms with van der Waals surface area (Å²) in [5.41, 5.74) is 1.62. The first-order valence-electron chi connectivity index (χ1n) is 9.40. The maximum atomic E-state index is 12.3. The summed E-state index contributed by atoms with van der Waals surface area (Å²) < 4.78 is 22.6. The van der Waals surface area contributed by atoms with Crippen LogP contribution in [-0.4, -0.2) is 25.2 Å². The lowest BCUT2D eigenvalue weighted by molar-refractivity contribution is -0.115. The van der Waals surface area contributed by atoms with E-state index >= 15 is 0 Å². The van der Waals surface area contributed by atoms with Crippen LogP contribution in [0.5, 0.6) is 0 Å². The van der Waals surface area contributed by atoms with Gasteiger partial charge in [0.1, 0.15) is 0 Å². The number of hydrogen-bond donors (Lipinski definition) is 3. The van der Waals surface area contributed by atoms with Gasteiger partial charge in [-0.25, -0.2) is 18.5 Å². The Bertz CT molecular complexity index is 1180. The van der Waals surface area contributed by atoms with Gasteiger partial charge in [0.05, 0.1) is 11.3 Å². The van der Waals surface area contributed by atoms with E-state index < -0.39 is 15.9 Å². The average Bonchev–Trinajstić information content (AvgIpc) is 3.17. The van der Waals surface area contributed by atoms with E-state index in [1.54, 1.807) is 30.5 Å². The molecular formula is C21H22N4O4S2. The molecule has 0 unspecified atom stereocenters. The molecule has 0 bridgehead atoms. The zero-order chi connectivity index (χ0) is 22.6. The van der Waals surface area contributed by atoms with Gasteiger partial charge < -0.3 is 10.6 Å². The molecule has 3 rings (SSSR count). The van der Waals surface area contributed by atoms with Gasteiger partial charge in [0.15, 0.2) is 5.13 Å². The summed E-state index contributed by atoms with van der Waals surface area (Å²) in [5, 5.41) is 11.1. The Morgan fingerprint density at radius 2 is 1.68 bits per heavy atom. The molecule has 4 N–H and O–H groups in total. The SMILES string of the molecule is CC(C)c1cnc(NC(=O)Cc2ccc(NC(=O)c3ccc(S(N)(=O)=O)cc3)cc2)s1. The summed E-state index contributed by atoms with van der Waals surface area (Å²) in [7, 11) is -3.81. The van der Waals surface area contributed by atoms with Crippen LogP contribution in [0, 0.1) is 0 Å². The van der Waals surface area contributed by atoms with Gasteiger partial charge in [-0.05, 0) is 47.9 Å². The fraction of sp³-hybridized carbons (Fsp3) is 0.190. The predicted molar refractivity (Wildman–Crippen MR) is 121 cm³/mol. The largest absolute Gasteiger partial charge is 0.322 e. The summed E-state index contributed by atoms with van der Waals surface area (Å²) in [4.78, 5) is 29.8. The number of primary sulfonamides is 1. The van der Waals surface area contributed by atoms with Crippen LogP contribution in [0.2, 0.25) is 0 Å². The van der Waals surface area contributed by atoms with E-state index in [1.165, 1.54) is 35.6 Å². The van der Waals surface area contributed by atoms with Crippen molar-refractivity contribution in [2.75, 3.05) is 10.6 Å². The number of rotatable bonds is 7. The number of sulfonamides is 1. The maximum absolute atomic E-state index is 12.3. The van der Waals surface area contributed by atoms with Crippen molar-refractivity contribution in [2.45, 2.75) is 31.1 Å². The van der Waals surface area contributed by atoms with Crippen LogP contribution in [0.15, 0.2) is 59.6 Å². The summed E-state index contributed by atoms with van der Waals surface area (Å²) in [6.07, 6.45) is 1.95. The fourth-order valence-corrected chi connectivity index (χ4v) is 4.02. The molecule has 10 heteroatoms. The molecule has 0 fully saturated rings. The minimum absolute atomic E-state index is 0.0649. The van der Waals surface area contributed by atoms with E-state index in [0.29, 0.717) is 22.3 Å². The van der Waals surface area contributed by atoms with E-state index in [-0.39, 0.29) is 17.2 Å². The Labute approximate surface area is 184 Å².